The van der Waals surface area contributed by atoms with E-state index in [1.165, 1.54) is 6.92 Å². The van der Waals surface area contributed by atoms with Gasteiger partial charge in [-0.05, 0) is 33.6 Å². The Morgan fingerprint density at radius 1 is 1.56 bits per heavy atom. The van der Waals surface area contributed by atoms with Gasteiger partial charge >= 0.3 is 0 Å². The van der Waals surface area contributed by atoms with E-state index in [4.69, 9.17) is 4.74 Å². The highest BCUT2D eigenvalue weighted by Gasteiger charge is 1.98. The molecule has 0 aliphatic carbocycles. The van der Waals surface area contributed by atoms with E-state index in [1.807, 2.05) is 30.4 Å². The van der Waals surface area contributed by atoms with Crippen molar-refractivity contribution in [2.24, 2.45) is 0 Å². The number of benzene rings is 1. The van der Waals surface area contributed by atoms with Crippen molar-refractivity contribution in [3.63, 3.8) is 0 Å². The lowest BCUT2D eigenvalue weighted by Gasteiger charge is -2.03. The molecular weight excluding hydrogens is 270 g/mol. The van der Waals surface area contributed by atoms with E-state index in [2.05, 4.69) is 21.2 Å². The maximum atomic E-state index is 10.6. The SMILES string of the molecule is COc1ccc(C=CCNC(C)=O)cc1Br. The lowest BCUT2D eigenvalue weighted by molar-refractivity contribution is -0.118. The first-order chi connectivity index (χ1) is 7.63. The second kappa shape index (κ2) is 6.33. The molecule has 0 bridgehead atoms. The van der Waals surface area contributed by atoms with E-state index in [-0.39, 0.29) is 5.91 Å². The lowest BCUT2D eigenvalue weighted by atomic mass is 10.2. The van der Waals surface area contributed by atoms with Crippen molar-refractivity contribution in [3.8, 4) is 5.75 Å². The van der Waals surface area contributed by atoms with Crippen LogP contribution in [0, 0.1) is 0 Å². The first kappa shape index (κ1) is 12.8. The Bertz CT molecular complexity index is 402. The molecule has 0 aromatic heterocycles. The van der Waals surface area contributed by atoms with E-state index in [0.717, 1.165) is 15.8 Å². The van der Waals surface area contributed by atoms with Crippen LogP contribution in [0.1, 0.15) is 12.5 Å². The van der Waals surface area contributed by atoms with Crippen molar-refractivity contribution in [2.45, 2.75) is 6.92 Å². The van der Waals surface area contributed by atoms with Gasteiger partial charge in [-0.1, -0.05) is 18.2 Å². The molecule has 0 spiro atoms. The summed E-state index contributed by atoms with van der Waals surface area (Å²) >= 11 is 3.41. The van der Waals surface area contributed by atoms with Crippen molar-refractivity contribution in [1.29, 1.82) is 0 Å². The largest absolute Gasteiger partial charge is 0.496 e. The molecule has 1 N–H and O–H groups in total. The predicted molar refractivity (Wildman–Crippen MR) is 68.4 cm³/mol. The molecule has 1 aromatic rings. The minimum Gasteiger partial charge on any atom is -0.496 e. The number of hydrogen-bond donors (Lipinski definition) is 1. The fourth-order valence-corrected chi connectivity index (χ4v) is 1.74. The predicted octanol–water partition coefficient (Wildman–Crippen LogP) is 2.61. The molecule has 4 heteroatoms. The first-order valence-electron chi connectivity index (χ1n) is 4.88. The average Bonchev–Trinajstić information content (AvgIpc) is 2.24. The summed E-state index contributed by atoms with van der Waals surface area (Å²) in [5.41, 5.74) is 1.05. The number of carbonyl (C=O) groups excluding carboxylic acids is 1. The zero-order valence-electron chi connectivity index (χ0n) is 9.29. The minimum absolute atomic E-state index is 0.0273. The van der Waals surface area contributed by atoms with Crippen LogP contribution in [0.3, 0.4) is 0 Å². The quantitative estimate of drug-likeness (QED) is 0.923. The molecule has 86 valence electrons. The van der Waals surface area contributed by atoms with E-state index in [1.54, 1.807) is 7.11 Å². The average molecular weight is 284 g/mol. The first-order valence-corrected chi connectivity index (χ1v) is 5.67. The van der Waals surface area contributed by atoms with Crippen LogP contribution >= 0.6 is 15.9 Å². The third kappa shape index (κ3) is 4.06. The number of ether oxygens (including phenoxy) is 1. The van der Waals surface area contributed by atoms with Crippen LogP contribution in [0.15, 0.2) is 28.7 Å². The molecule has 0 fully saturated rings. The van der Waals surface area contributed by atoms with Crippen LogP contribution in [0.25, 0.3) is 6.08 Å². The molecule has 1 rings (SSSR count). The van der Waals surface area contributed by atoms with Gasteiger partial charge in [0.05, 0.1) is 11.6 Å². The Hall–Kier alpha value is -1.29. The molecule has 16 heavy (non-hydrogen) atoms. The summed E-state index contributed by atoms with van der Waals surface area (Å²) in [4.78, 5) is 10.6. The number of amides is 1. The number of methoxy groups -OCH3 is 1. The summed E-state index contributed by atoms with van der Waals surface area (Å²) in [6, 6.07) is 5.80. The van der Waals surface area contributed by atoms with Crippen LogP contribution in [-0.2, 0) is 4.79 Å². The Morgan fingerprint density at radius 3 is 2.88 bits per heavy atom. The molecule has 0 aliphatic heterocycles. The molecule has 1 amide bonds. The molecule has 0 saturated carbocycles. The third-order valence-electron chi connectivity index (χ3n) is 1.96. The molecule has 0 radical (unpaired) electrons. The highest BCUT2D eigenvalue weighted by molar-refractivity contribution is 9.10. The highest BCUT2D eigenvalue weighted by atomic mass is 79.9. The molecule has 0 atom stereocenters. The monoisotopic (exact) mass is 283 g/mol. The molecule has 1 aromatic carbocycles. The van der Waals surface area contributed by atoms with E-state index in [9.17, 15) is 4.79 Å². The van der Waals surface area contributed by atoms with Gasteiger partial charge in [0, 0.05) is 13.5 Å². The minimum atomic E-state index is -0.0273. The van der Waals surface area contributed by atoms with Crippen LogP contribution in [0.5, 0.6) is 5.75 Å². The smallest absolute Gasteiger partial charge is 0.217 e. The maximum absolute atomic E-state index is 10.6. The van der Waals surface area contributed by atoms with Crippen LogP contribution in [0.2, 0.25) is 0 Å². The third-order valence-corrected chi connectivity index (χ3v) is 2.57. The van der Waals surface area contributed by atoms with E-state index in [0.29, 0.717) is 6.54 Å². The Balaban J connectivity index is 2.61. The summed E-state index contributed by atoms with van der Waals surface area (Å²) in [6.07, 6.45) is 3.84. The number of rotatable bonds is 4. The van der Waals surface area contributed by atoms with Crippen molar-refractivity contribution in [2.75, 3.05) is 13.7 Å². The van der Waals surface area contributed by atoms with Crippen molar-refractivity contribution >= 4 is 27.9 Å². The highest BCUT2D eigenvalue weighted by Crippen LogP contribution is 2.25. The van der Waals surface area contributed by atoms with Crippen LogP contribution < -0.4 is 10.1 Å². The maximum Gasteiger partial charge on any atom is 0.217 e. The summed E-state index contributed by atoms with van der Waals surface area (Å²) in [7, 11) is 1.63. The van der Waals surface area contributed by atoms with E-state index < -0.39 is 0 Å². The molecular formula is C12H14BrNO2. The number of carbonyl (C=O) groups is 1. The summed E-state index contributed by atoms with van der Waals surface area (Å²) in [5, 5.41) is 2.69. The second-order valence-electron chi connectivity index (χ2n) is 3.23. The molecule has 0 aliphatic rings. The molecule has 0 heterocycles. The topological polar surface area (TPSA) is 38.3 Å². The normalized spacial score (nSPS) is 10.4. The van der Waals surface area contributed by atoms with Gasteiger partial charge in [-0.2, -0.15) is 0 Å². The Labute approximate surface area is 104 Å². The number of halogens is 1. The van der Waals surface area contributed by atoms with Crippen molar-refractivity contribution in [3.05, 3.63) is 34.3 Å². The Morgan fingerprint density at radius 2 is 2.31 bits per heavy atom. The fourth-order valence-electron chi connectivity index (χ4n) is 1.18. The van der Waals surface area contributed by atoms with Crippen LogP contribution in [0.4, 0.5) is 0 Å². The van der Waals surface area contributed by atoms with Crippen LogP contribution in [-0.4, -0.2) is 19.6 Å². The fraction of sp³-hybridized carbons (Fsp3) is 0.250. The number of hydrogen-bond acceptors (Lipinski definition) is 2. The van der Waals surface area contributed by atoms with Gasteiger partial charge in [-0.3, -0.25) is 4.79 Å². The summed E-state index contributed by atoms with van der Waals surface area (Å²) < 4.78 is 6.04. The van der Waals surface area contributed by atoms with Gasteiger partial charge in [-0.15, -0.1) is 0 Å². The zero-order chi connectivity index (χ0) is 12.0. The molecule has 3 nitrogen and oxygen atoms in total. The van der Waals surface area contributed by atoms with Gasteiger partial charge < -0.3 is 10.1 Å². The van der Waals surface area contributed by atoms with Crippen molar-refractivity contribution in [1.82, 2.24) is 5.32 Å². The molecule has 0 saturated heterocycles. The summed E-state index contributed by atoms with van der Waals surface area (Å²) in [6.45, 7) is 2.04. The van der Waals surface area contributed by atoms with Gasteiger partial charge in [0.2, 0.25) is 5.91 Å². The van der Waals surface area contributed by atoms with Gasteiger partial charge in [0.25, 0.3) is 0 Å². The lowest BCUT2D eigenvalue weighted by Crippen LogP contribution is -2.19. The van der Waals surface area contributed by atoms with Gasteiger partial charge in [-0.25, -0.2) is 0 Å². The van der Waals surface area contributed by atoms with Gasteiger partial charge in [0.1, 0.15) is 5.75 Å². The Kier molecular flexibility index (Phi) is 5.05. The number of nitrogens with one attached hydrogen (secondary N) is 1. The van der Waals surface area contributed by atoms with E-state index >= 15 is 0 Å². The summed E-state index contributed by atoms with van der Waals surface area (Å²) in [5.74, 6) is 0.777. The standard InChI is InChI=1S/C12H14BrNO2/c1-9(15)14-7-3-4-10-5-6-12(16-2)11(13)8-10/h3-6,8H,7H2,1-2H3,(H,14,15). The molecule has 0 unspecified atom stereocenters. The van der Waals surface area contributed by atoms with Crippen molar-refractivity contribution < 1.29 is 9.53 Å². The second-order valence-corrected chi connectivity index (χ2v) is 4.09. The zero-order valence-corrected chi connectivity index (χ0v) is 10.9. The van der Waals surface area contributed by atoms with Gasteiger partial charge in [0.15, 0.2) is 0 Å².